The van der Waals surface area contributed by atoms with Crippen LogP contribution in [0.25, 0.3) is 0 Å². The van der Waals surface area contributed by atoms with Crippen molar-refractivity contribution < 1.29 is 16.8 Å². The van der Waals surface area contributed by atoms with E-state index in [4.69, 9.17) is 0 Å². The van der Waals surface area contributed by atoms with Crippen molar-refractivity contribution in [1.29, 1.82) is 0 Å². The Morgan fingerprint density at radius 1 is 0.818 bits per heavy atom. The highest BCUT2D eigenvalue weighted by molar-refractivity contribution is 7.93. The Hall–Kier alpha value is -1.90. The van der Waals surface area contributed by atoms with E-state index in [1.165, 1.54) is 32.3 Å². The van der Waals surface area contributed by atoms with Gasteiger partial charge in [-0.3, -0.25) is 4.72 Å². The van der Waals surface area contributed by atoms with Gasteiger partial charge in [0.1, 0.15) is 0 Å². The monoisotopic (exact) mass is 340 g/mol. The fourth-order valence-corrected chi connectivity index (χ4v) is 3.86. The topological polar surface area (TPSA) is 83.6 Å². The van der Waals surface area contributed by atoms with E-state index in [9.17, 15) is 16.8 Å². The average molecular weight is 340 g/mol. The SMILES string of the molecule is CN(C)S(=O)(=O)c1cccc(S(=O)(=O)Nc2ccccc2)c1. The Morgan fingerprint density at radius 2 is 1.41 bits per heavy atom. The number of para-hydroxylation sites is 1. The van der Waals surface area contributed by atoms with E-state index in [0.717, 1.165) is 10.4 Å². The zero-order valence-corrected chi connectivity index (χ0v) is 13.7. The summed E-state index contributed by atoms with van der Waals surface area (Å²) in [6.45, 7) is 0. The molecule has 0 heterocycles. The van der Waals surface area contributed by atoms with Crippen LogP contribution in [0.5, 0.6) is 0 Å². The predicted octanol–water partition coefficient (Wildman–Crippen LogP) is 1.74. The highest BCUT2D eigenvalue weighted by atomic mass is 32.2. The van der Waals surface area contributed by atoms with E-state index in [-0.39, 0.29) is 9.79 Å². The van der Waals surface area contributed by atoms with Crippen LogP contribution in [0.2, 0.25) is 0 Å². The van der Waals surface area contributed by atoms with Gasteiger partial charge >= 0.3 is 0 Å². The molecule has 0 unspecified atom stereocenters. The molecular formula is C14H16N2O4S2. The Morgan fingerprint density at radius 3 is 2.00 bits per heavy atom. The largest absolute Gasteiger partial charge is 0.280 e. The Bertz CT molecular complexity index is 861. The number of benzene rings is 2. The van der Waals surface area contributed by atoms with Gasteiger partial charge in [0, 0.05) is 19.8 Å². The van der Waals surface area contributed by atoms with Gasteiger partial charge in [-0.1, -0.05) is 24.3 Å². The lowest BCUT2D eigenvalue weighted by Crippen LogP contribution is -2.22. The number of sulfonamides is 2. The standard InChI is InChI=1S/C14H16N2O4S2/c1-16(2)22(19,20)14-10-6-9-13(11-14)21(17,18)15-12-7-4-3-5-8-12/h3-11,15H,1-2H3. The first-order chi connectivity index (χ1) is 10.2. The van der Waals surface area contributed by atoms with Crippen molar-refractivity contribution in [1.82, 2.24) is 4.31 Å². The molecule has 0 aliphatic heterocycles. The fraction of sp³-hybridized carbons (Fsp3) is 0.143. The summed E-state index contributed by atoms with van der Waals surface area (Å²) >= 11 is 0. The van der Waals surface area contributed by atoms with E-state index in [1.807, 2.05) is 0 Å². The first kappa shape index (κ1) is 16.5. The van der Waals surface area contributed by atoms with Gasteiger partial charge in [0.15, 0.2) is 0 Å². The first-order valence-electron chi connectivity index (χ1n) is 6.34. The second-order valence-corrected chi connectivity index (χ2v) is 8.57. The molecule has 2 aromatic rings. The second-order valence-electron chi connectivity index (χ2n) is 4.73. The average Bonchev–Trinajstić information content (AvgIpc) is 2.48. The van der Waals surface area contributed by atoms with Crippen LogP contribution in [0.4, 0.5) is 5.69 Å². The summed E-state index contributed by atoms with van der Waals surface area (Å²) in [4.78, 5) is -0.187. The van der Waals surface area contributed by atoms with Crippen LogP contribution in [0.3, 0.4) is 0 Å². The summed E-state index contributed by atoms with van der Waals surface area (Å²) in [5.74, 6) is 0. The molecular weight excluding hydrogens is 324 g/mol. The summed E-state index contributed by atoms with van der Waals surface area (Å²) in [6.07, 6.45) is 0. The summed E-state index contributed by atoms with van der Waals surface area (Å²) < 4.78 is 52.3. The molecule has 118 valence electrons. The van der Waals surface area contributed by atoms with Gasteiger partial charge in [0.05, 0.1) is 9.79 Å². The van der Waals surface area contributed by atoms with Crippen LogP contribution in [-0.2, 0) is 20.0 Å². The predicted molar refractivity (Wildman–Crippen MR) is 84.6 cm³/mol. The van der Waals surface area contributed by atoms with Crippen LogP contribution >= 0.6 is 0 Å². The maximum Gasteiger partial charge on any atom is 0.261 e. The number of nitrogens with zero attached hydrogens (tertiary/aromatic N) is 1. The quantitative estimate of drug-likeness (QED) is 0.898. The van der Waals surface area contributed by atoms with Crippen molar-refractivity contribution in [3.8, 4) is 0 Å². The summed E-state index contributed by atoms with van der Waals surface area (Å²) in [5, 5.41) is 0. The molecule has 0 aromatic heterocycles. The van der Waals surface area contributed by atoms with Crippen molar-refractivity contribution in [3.63, 3.8) is 0 Å². The van der Waals surface area contributed by atoms with Gasteiger partial charge in [-0.2, -0.15) is 0 Å². The van der Waals surface area contributed by atoms with Gasteiger partial charge in [0.25, 0.3) is 10.0 Å². The van der Waals surface area contributed by atoms with Crippen LogP contribution < -0.4 is 4.72 Å². The molecule has 6 nitrogen and oxygen atoms in total. The summed E-state index contributed by atoms with van der Waals surface area (Å²) in [7, 11) is -4.77. The molecule has 22 heavy (non-hydrogen) atoms. The molecule has 2 rings (SSSR count). The molecule has 0 radical (unpaired) electrons. The van der Waals surface area contributed by atoms with Gasteiger partial charge < -0.3 is 0 Å². The van der Waals surface area contributed by atoms with E-state index >= 15 is 0 Å². The van der Waals surface area contributed by atoms with Gasteiger partial charge in [-0.15, -0.1) is 0 Å². The number of anilines is 1. The maximum atomic E-state index is 12.3. The minimum absolute atomic E-state index is 0.0755. The van der Waals surface area contributed by atoms with Gasteiger partial charge in [-0.25, -0.2) is 21.1 Å². The Labute approximate surface area is 130 Å². The number of hydrogen-bond acceptors (Lipinski definition) is 4. The number of rotatable bonds is 5. The Balaban J connectivity index is 2.41. The lowest BCUT2D eigenvalue weighted by atomic mass is 10.3. The maximum absolute atomic E-state index is 12.3. The van der Waals surface area contributed by atoms with Gasteiger partial charge in [-0.05, 0) is 30.3 Å². The number of nitrogens with one attached hydrogen (secondary N) is 1. The molecule has 0 saturated heterocycles. The smallest absolute Gasteiger partial charge is 0.261 e. The van der Waals surface area contributed by atoms with E-state index in [1.54, 1.807) is 30.3 Å². The van der Waals surface area contributed by atoms with Crippen molar-refractivity contribution >= 4 is 25.7 Å². The summed E-state index contributed by atoms with van der Waals surface area (Å²) in [6, 6.07) is 13.6. The van der Waals surface area contributed by atoms with Crippen molar-refractivity contribution in [3.05, 3.63) is 54.6 Å². The first-order valence-corrected chi connectivity index (χ1v) is 9.26. The highest BCUT2D eigenvalue weighted by Gasteiger charge is 2.21. The lowest BCUT2D eigenvalue weighted by molar-refractivity contribution is 0.520. The third-order valence-corrected chi connectivity index (χ3v) is 6.11. The van der Waals surface area contributed by atoms with Crippen molar-refractivity contribution in [2.24, 2.45) is 0 Å². The molecule has 0 bridgehead atoms. The highest BCUT2D eigenvalue weighted by Crippen LogP contribution is 2.20. The molecule has 1 N–H and O–H groups in total. The van der Waals surface area contributed by atoms with E-state index in [2.05, 4.69) is 4.72 Å². The molecule has 0 spiro atoms. The van der Waals surface area contributed by atoms with Crippen LogP contribution in [-0.4, -0.2) is 35.2 Å². The van der Waals surface area contributed by atoms with Crippen LogP contribution in [0.15, 0.2) is 64.4 Å². The molecule has 0 aliphatic carbocycles. The molecule has 0 amide bonds. The minimum atomic E-state index is -3.85. The normalized spacial score (nSPS) is 12.3. The lowest BCUT2D eigenvalue weighted by Gasteiger charge is -2.13. The van der Waals surface area contributed by atoms with Gasteiger partial charge in [0.2, 0.25) is 10.0 Å². The third kappa shape index (κ3) is 3.46. The van der Waals surface area contributed by atoms with E-state index < -0.39 is 20.0 Å². The fourth-order valence-electron chi connectivity index (χ4n) is 1.73. The minimum Gasteiger partial charge on any atom is -0.280 e. The molecule has 8 heteroatoms. The molecule has 0 aliphatic rings. The van der Waals surface area contributed by atoms with Crippen molar-refractivity contribution in [2.45, 2.75) is 9.79 Å². The summed E-state index contributed by atoms with van der Waals surface area (Å²) in [5.41, 5.74) is 0.406. The second kappa shape index (κ2) is 6.07. The molecule has 2 aromatic carbocycles. The zero-order valence-electron chi connectivity index (χ0n) is 12.1. The molecule has 0 saturated carbocycles. The van der Waals surface area contributed by atoms with Crippen LogP contribution in [0.1, 0.15) is 0 Å². The van der Waals surface area contributed by atoms with E-state index in [0.29, 0.717) is 5.69 Å². The third-order valence-electron chi connectivity index (χ3n) is 2.92. The Kier molecular flexibility index (Phi) is 4.55. The molecule has 0 fully saturated rings. The number of hydrogen-bond donors (Lipinski definition) is 1. The van der Waals surface area contributed by atoms with Crippen LogP contribution in [0, 0.1) is 0 Å². The van der Waals surface area contributed by atoms with Crippen molar-refractivity contribution in [2.75, 3.05) is 18.8 Å². The molecule has 0 atom stereocenters. The zero-order chi connectivity index (χ0) is 16.4.